The maximum atomic E-state index is 12.4. The van der Waals surface area contributed by atoms with Gasteiger partial charge in [0.2, 0.25) is 0 Å². The van der Waals surface area contributed by atoms with Crippen LogP contribution in [0, 0.1) is 0 Å². The average molecular weight is 489 g/mol. The summed E-state index contributed by atoms with van der Waals surface area (Å²) in [6.07, 6.45) is -0.190. The van der Waals surface area contributed by atoms with Gasteiger partial charge in [-0.25, -0.2) is 4.79 Å². The Morgan fingerprint density at radius 2 is 1.54 bits per heavy atom. The van der Waals surface area contributed by atoms with E-state index in [9.17, 15) is 19.8 Å². The third-order valence-electron chi connectivity index (χ3n) is 5.14. The first-order chi connectivity index (χ1) is 16.4. The Morgan fingerprint density at radius 3 is 2.14 bits per heavy atom. The molecule has 3 aromatic carbocycles. The molecule has 35 heavy (non-hydrogen) atoms. The molecule has 5 N–H and O–H groups in total. The predicted molar refractivity (Wildman–Crippen MR) is 129 cm³/mol. The van der Waals surface area contributed by atoms with Crippen molar-refractivity contribution in [2.45, 2.75) is 18.6 Å². The number of hydrogen-bond acceptors (Lipinski definition) is 6. The first kappa shape index (κ1) is 28.5. The fourth-order valence-corrected chi connectivity index (χ4v) is 3.25. The Balaban J connectivity index is 0.00000324. The fraction of sp³-hybridized carbons (Fsp3) is 0.231. The van der Waals surface area contributed by atoms with Crippen molar-refractivity contribution >= 4 is 17.6 Å². The van der Waals surface area contributed by atoms with E-state index in [0.717, 1.165) is 5.56 Å². The second-order valence-corrected chi connectivity index (χ2v) is 7.80. The molecule has 0 fully saturated rings. The minimum atomic E-state index is -1.05. The largest absolute Gasteiger partial charge is 1.00 e. The molecule has 0 bridgehead atoms. The molecule has 0 aromatic heterocycles. The van der Waals surface area contributed by atoms with E-state index in [1.165, 1.54) is 24.3 Å². The fourth-order valence-electron chi connectivity index (χ4n) is 3.25. The Morgan fingerprint density at radius 1 is 0.914 bits per heavy atom. The van der Waals surface area contributed by atoms with Crippen molar-refractivity contribution in [2.75, 3.05) is 25.1 Å². The van der Waals surface area contributed by atoms with Gasteiger partial charge in [-0.3, -0.25) is 4.79 Å². The molecule has 8 nitrogen and oxygen atoms in total. The van der Waals surface area contributed by atoms with Gasteiger partial charge in [-0.2, -0.15) is 0 Å². The summed E-state index contributed by atoms with van der Waals surface area (Å²) in [5.74, 6) is -0.704. The summed E-state index contributed by atoms with van der Waals surface area (Å²) in [4.78, 5) is 23.3. The third-order valence-corrected chi connectivity index (χ3v) is 5.14. The van der Waals surface area contributed by atoms with Gasteiger partial charge in [0, 0.05) is 23.8 Å². The number of carboxylic acids is 1. The molecule has 2 atom stereocenters. The van der Waals surface area contributed by atoms with E-state index in [1.807, 2.05) is 42.5 Å². The normalized spacial score (nSPS) is 12.2. The summed E-state index contributed by atoms with van der Waals surface area (Å²) < 4.78 is 5.53. The van der Waals surface area contributed by atoms with Crippen LogP contribution >= 0.6 is 0 Å². The second-order valence-electron chi connectivity index (χ2n) is 7.80. The zero-order valence-corrected chi connectivity index (χ0v) is 21.6. The summed E-state index contributed by atoms with van der Waals surface area (Å²) in [5.41, 5.74) is 2.01. The summed E-state index contributed by atoms with van der Waals surface area (Å²) >= 11 is 0. The van der Waals surface area contributed by atoms with Gasteiger partial charge in [0.25, 0.3) is 5.91 Å². The minimum absolute atomic E-state index is 0. The molecule has 3 aromatic rings. The number of nitrogens with one attached hydrogen (secondary N) is 2. The van der Waals surface area contributed by atoms with Gasteiger partial charge in [0.15, 0.2) is 0 Å². The third kappa shape index (κ3) is 9.45. The molecule has 0 heterocycles. The molecule has 0 aliphatic carbocycles. The van der Waals surface area contributed by atoms with Crippen LogP contribution in [0.5, 0.6) is 5.75 Å². The molecule has 0 spiro atoms. The van der Waals surface area contributed by atoms with Crippen LogP contribution in [0.4, 0.5) is 5.69 Å². The van der Waals surface area contributed by atoms with E-state index in [4.69, 9.17) is 9.84 Å². The van der Waals surface area contributed by atoms with Crippen molar-refractivity contribution in [2.24, 2.45) is 0 Å². The molecule has 0 saturated heterocycles. The minimum Gasteiger partial charge on any atom is -1.00 e. The van der Waals surface area contributed by atoms with Crippen molar-refractivity contribution in [1.29, 1.82) is 0 Å². The number of aromatic carboxylic acids is 1. The monoisotopic (exact) mass is 488 g/mol. The van der Waals surface area contributed by atoms with E-state index < -0.39 is 12.1 Å². The smallest absolute Gasteiger partial charge is 1.00 e. The number of carbonyl (C=O) groups excluding carboxylic acids is 1. The van der Waals surface area contributed by atoms with Crippen LogP contribution in [-0.4, -0.2) is 59.1 Å². The molecule has 180 valence electrons. The number of anilines is 1. The van der Waals surface area contributed by atoms with Crippen LogP contribution in [0.25, 0.3) is 0 Å². The van der Waals surface area contributed by atoms with Gasteiger partial charge in [-0.15, -0.1) is 0 Å². The summed E-state index contributed by atoms with van der Waals surface area (Å²) in [5, 5.41) is 34.7. The number of aliphatic hydroxyl groups is 2. The van der Waals surface area contributed by atoms with E-state index in [-0.39, 0.29) is 68.3 Å². The zero-order chi connectivity index (χ0) is 24.3. The number of rotatable bonds is 12. The van der Waals surface area contributed by atoms with Gasteiger partial charge in [-0.1, -0.05) is 30.3 Å². The number of para-hydroxylation sites is 1. The van der Waals surface area contributed by atoms with E-state index in [1.54, 1.807) is 12.1 Å². The maximum Gasteiger partial charge on any atom is 1.00 e. The Bertz CT molecular complexity index is 1070. The number of carbonyl (C=O) groups is 2. The molecular weight excluding hydrogens is 459 g/mol. The zero-order valence-electron chi connectivity index (χ0n) is 20.6. The van der Waals surface area contributed by atoms with Gasteiger partial charge < -0.3 is 32.1 Å². The van der Waals surface area contributed by atoms with Crippen LogP contribution in [0.1, 0.15) is 27.7 Å². The first-order valence-corrected chi connectivity index (χ1v) is 10.9. The van der Waals surface area contributed by atoms with E-state index in [2.05, 4.69) is 10.6 Å². The predicted octanol–water partition coefficient (Wildman–Crippen LogP) is -0.313. The number of hydrogen-bond donors (Lipinski definition) is 5. The topological polar surface area (TPSA) is 128 Å². The van der Waals surface area contributed by atoms with Gasteiger partial charge in [0.05, 0.1) is 12.2 Å². The van der Waals surface area contributed by atoms with Gasteiger partial charge >= 0.3 is 35.5 Å². The SMILES string of the molecule is O=C(O)c1ccc(C(=O)Nc2ccc(C[C@@H](CO)NC[C@H](O)COc3ccccc3)cc2)cc1.[H-].[Na+]. The standard InChI is InChI=1S/C26H28N2O6.Na.H/c29-16-22(27-15-23(30)17-34-24-4-2-1-3-5-24)14-18-6-12-21(13-7-18)28-25(31)19-8-10-20(11-9-19)26(32)33;;/h1-13,22-23,27,29-30H,14-17H2,(H,28,31)(H,32,33);;/q;+1;-1/t22-,23-;;/m0../s1. The first-order valence-electron chi connectivity index (χ1n) is 10.9. The van der Waals surface area contributed by atoms with Crippen molar-refractivity contribution in [3.63, 3.8) is 0 Å². The quantitative estimate of drug-likeness (QED) is 0.221. The number of benzene rings is 3. The Hall–Kier alpha value is -2.72. The van der Waals surface area contributed by atoms with Gasteiger partial charge in [-0.05, 0) is 60.5 Å². The molecule has 9 heteroatoms. The van der Waals surface area contributed by atoms with Crippen molar-refractivity contribution in [3.05, 3.63) is 95.6 Å². The van der Waals surface area contributed by atoms with Crippen LogP contribution in [0.3, 0.4) is 0 Å². The van der Waals surface area contributed by atoms with Crippen LogP contribution in [0.15, 0.2) is 78.9 Å². The summed E-state index contributed by atoms with van der Waals surface area (Å²) in [6, 6.07) is 21.9. The van der Waals surface area contributed by atoms with Crippen molar-refractivity contribution < 1.29 is 60.6 Å². The van der Waals surface area contributed by atoms with Gasteiger partial charge in [0.1, 0.15) is 18.5 Å². The molecule has 0 aliphatic rings. The summed E-state index contributed by atoms with van der Waals surface area (Å²) in [7, 11) is 0. The number of amides is 1. The van der Waals surface area contributed by atoms with E-state index in [0.29, 0.717) is 23.4 Å². The molecule has 0 unspecified atom stereocenters. The molecular formula is C26H29N2NaO6. The van der Waals surface area contributed by atoms with Crippen LogP contribution in [-0.2, 0) is 6.42 Å². The Kier molecular flexibility index (Phi) is 11.9. The summed E-state index contributed by atoms with van der Waals surface area (Å²) in [6.45, 7) is 0.312. The Labute approximate surface area is 227 Å². The van der Waals surface area contributed by atoms with E-state index >= 15 is 0 Å². The maximum absolute atomic E-state index is 12.4. The van der Waals surface area contributed by atoms with Crippen molar-refractivity contribution in [1.82, 2.24) is 5.32 Å². The molecule has 3 rings (SSSR count). The van der Waals surface area contributed by atoms with Crippen molar-refractivity contribution in [3.8, 4) is 5.75 Å². The molecule has 0 radical (unpaired) electrons. The number of ether oxygens (including phenoxy) is 1. The number of carboxylic acid groups (broad SMARTS) is 1. The average Bonchev–Trinajstić information content (AvgIpc) is 2.87. The molecule has 0 aliphatic heterocycles. The van der Waals surface area contributed by atoms with Crippen LogP contribution < -0.4 is 44.9 Å². The van der Waals surface area contributed by atoms with Crippen LogP contribution in [0.2, 0.25) is 0 Å². The molecule has 0 saturated carbocycles. The second kappa shape index (κ2) is 14.6. The number of aliphatic hydroxyl groups excluding tert-OH is 2. The molecule has 1 amide bonds.